The molecule has 3 rings (SSSR count). The number of amides is 1. The van der Waals surface area contributed by atoms with Crippen LogP contribution >= 0.6 is 0 Å². The Labute approximate surface area is 141 Å². The summed E-state index contributed by atoms with van der Waals surface area (Å²) in [5.74, 6) is -1.03. The highest BCUT2D eigenvalue weighted by Gasteiger charge is 2.45. The lowest BCUT2D eigenvalue weighted by atomic mass is 9.72. The molecule has 2 aliphatic heterocycles. The van der Waals surface area contributed by atoms with Crippen LogP contribution in [0.25, 0.3) is 0 Å². The van der Waals surface area contributed by atoms with Gasteiger partial charge in [-0.3, -0.25) is 4.79 Å². The standard InChI is InChI=1S/C18H23NO5/c1-13-2-4-14(5-3-13)18(6-9-23-10-7-18)17(22)19-8-11-24-15(12-19)16(20)21/h2-5,15H,6-12H2,1H3,(H,20,21). The first-order valence-electron chi connectivity index (χ1n) is 8.32. The summed E-state index contributed by atoms with van der Waals surface area (Å²) in [7, 11) is 0. The number of aliphatic carboxylic acids is 1. The lowest BCUT2D eigenvalue weighted by Crippen LogP contribution is -2.56. The second-order valence-corrected chi connectivity index (χ2v) is 6.51. The zero-order valence-corrected chi connectivity index (χ0v) is 13.9. The molecule has 24 heavy (non-hydrogen) atoms. The molecule has 6 nitrogen and oxygen atoms in total. The van der Waals surface area contributed by atoms with Crippen molar-refractivity contribution < 1.29 is 24.2 Å². The van der Waals surface area contributed by atoms with Crippen molar-refractivity contribution in [1.29, 1.82) is 0 Å². The third-order valence-corrected chi connectivity index (χ3v) is 4.99. The Hall–Kier alpha value is -1.92. The Balaban J connectivity index is 1.89. The summed E-state index contributed by atoms with van der Waals surface area (Å²) in [4.78, 5) is 26.2. The van der Waals surface area contributed by atoms with Crippen molar-refractivity contribution in [3.05, 3.63) is 35.4 Å². The van der Waals surface area contributed by atoms with Gasteiger partial charge in [-0.1, -0.05) is 29.8 Å². The van der Waals surface area contributed by atoms with Crippen LogP contribution in [0.15, 0.2) is 24.3 Å². The fraction of sp³-hybridized carbons (Fsp3) is 0.556. The van der Waals surface area contributed by atoms with Crippen molar-refractivity contribution in [1.82, 2.24) is 4.90 Å². The molecule has 2 aliphatic rings. The Bertz CT molecular complexity index is 606. The van der Waals surface area contributed by atoms with Crippen LogP contribution in [0.3, 0.4) is 0 Å². The van der Waals surface area contributed by atoms with Crippen molar-refractivity contribution in [2.24, 2.45) is 0 Å². The van der Waals surface area contributed by atoms with Gasteiger partial charge in [-0.2, -0.15) is 0 Å². The van der Waals surface area contributed by atoms with Crippen LogP contribution in [0.2, 0.25) is 0 Å². The fourth-order valence-corrected chi connectivity index (χ4v) is 3.50. The number of aryl methyl sites for hydroxylation is 1. The van der Waals surface area contributed by atoms with Crippen LogP contribution in [0.1, 0.15) is 24.0 Å². The van der Waals surface area contributed by atoms with Gasteiger partial charge in [-0.15, -0.1) is 0 Å². The molecule has 0 saturated carbocycles. The molecule has 0 radical (unpaired) electrons. The number of ether oxygens (including phenoxy) is 2. The van der Waals surface area contributed by atoms with Crippen LogP contribution in [-0.2, 0) is 24.5 Å². The second-order valence-electron chi connectivity index (χ2n) is 6.51. The smallest absolute Gasteiger partial charge is 0.334 e. The number of carboxylic acid groups (broad SMARTS) is 1. The maximum atomic E-state index is 13.4. The number of carbonyl (C=O) groups excluding carboxylic acids is 1. The summed E-state index contributed by atoms with van der Waals surface area (Å²) in [5.41, 5.74) is 1.50. The number of carboxylic acids is 1. The summed E-state index contributed by atoms with van der Waals surface area (Å²) in [5, 5.41) is 9.18. The Morgan fingerprint density at radius 2 is 1.83 bits per heavy atom. The van der Waals surface area contributed by atoms with E-state index in [4.69, 9.17) is 9.47 Å². The molecule has 1 unspecified atom stereocenters. The summed E-state index contributed by atoms with van der Waals surface area (Å²) in [6.45, 7) is 3.86. The van der Waals surface area contributed by atoms with Crippen molar-refractivity contribution in [3.8, 4) is 0 Å². The average molecular weight is 333 g/mol. The van der Waals surface area contributed by atoms with Gasteiger partial charge in [0, 0.05) is 19.8 Å². The van der Waals surface area contributed by atoms with Gasteiger partial charge in [0.15, 0.2) is 6.10 Å². The highest BCUT2D eigenvalue weighted by molar-refractivity contribution is 5.89. The van der Waals surface area contributed by atoms with E-state index in [1.54, 1.807) is 4.90 Å². The van der Waals surface area contributed by atoms with Crippen LogP contribution in [0, 0.1) is 6.92 Å². The summed E-state index contributed by atoms with van der Waals surface area (Å²) < 4.78 is 10.7. The SMILES string of the molecule is Cc1ccc(C2(C(=O)N3CCOC(C(=O)O)C3)CCOCC2)cc1. The monoisotopic (exact) mass is 333 g/mol. The first-order valence-corrected chi connectivity index (χ1v) is 8.32. The molecule has 2 saturated heterocycles. The molecular weight excluding hydrogens is 310 g/mol. The first-order chi connectivity index (χ1) is 11.5. The van der Waals surface area contributed by atoms with Gasteiger partial charge in [0.05, 0.1) is 18.6 Å². The van der Waals surface area contributed by atoms with E-state index in [0.717, 1.165) is 11.1 Å². The lowest BCUT2D eigenvalue weighted by molar-refractivity contribution is -0.162. The molecule has 0 bridgehead atoms. The second kappa shape index (κ2) is 6.91. The van der Waals surface area contributed by atoms with E-state index in [-0.39, 0.29) is 19.1 Å². The quantitative estimate of drug-likeness (QED) is 0.904. The van der Waals surface area contributed by atoms with Crippen LogP contribution in [0.5, 0.6) is 0 Å². The van der Waals surface area contributed by atoms with Gasteiger partial charge < -0.3 is 19.5 Å². The van der Waals surface area contributed by atoms with Gasteiger partial charge in [-0.05, 0) is 25.3 Å². The predicted octanol–water partition coefficient (Wildman–Crippen LogP) is 1.36. The van der Waals surface area contributed by atoms with E-state index >= 15 is 0 Å². The number of hydrogen-bond acceptors (Lipinski definition) is 4. The third-order valence-electron chi connectivity index (χ3n) is 4.99. The molecule has 0 spiro atoms. The average Bonchev–Trinajstić information content (AvgIpc) is 2.62. The number of hydrogen-bond donors (Lipinski definition) is 1. The summed E-state index contributed by atoms with van der Waals surface area (Å²) in [6, 6.07) is 8.04. The zero-order chi connectivity index (χ0) is 17.2. The highest BCUT2D eigenvalue weighted by atomic mass is 16.5. The Morgan fingerprint density at radius 1 is 1.17 bits per heavy atom. The van der Waals surface area contributed by atoms with E-state index < -0.39 is 17.5 Å². The topological polar surface area (TPSA) is 76.1 Å². The number of carbonyl (C=O) groups is 2. The van der Waals surface area contributed by atoms with Gasteiger partial charge in [0.25, 0.3) is 0 Å². The van der Waals surface area contributed by atoms with Crippen molar-refractivity contribution >= 4 is 11.9 Å². The molecule has 0 aliphatic carbocycles. The van der Waals surface area contributed by atoms with E-state index in [2.05, 4.69) is 0 Å². The maximum Gasteiger partial charge on any atom is 0.334 e. The molecule has 1 atom stereocenters. The summed E-state index contributed by atoms with van der Waals surface area (Å²) >= 11 is 0. The zero-order valence-electron chi connectivity index (χ0n) is 13.9. The van der Waals surface area contributed by atoms with Gasteiger partial charge in [0.1, 0.15) is 0 Å². The third kappa shape index (κ3) is 3.16. The Kier molecular flexibility index (Phi) is 4.87. The highest BCUT2D eigenvalue weighted by Crippen LogP contribution is 2.37. The maximum absolute atomic E-state index is 13.4. The van der Waals surface area contributed by atoms with Crippen LogP contribution in [-0.4, -0.2) is 60.9 Å². The fourth-order valence-electron chi connectivity index (χ4n) is 3.50. The van der Waals surface area contributed by atoms with E-state index in [0.29, 0.717) is 32.6 Å². The predicted molar refractivity (Wildman–Crippen MR) is 86.9 cm³/mol. The molecule has 130 valence electrons. The van der Waals surface area contributed by atoms with Gasteiger partial charge >= 0.3 is 5.97 Å². The molecule has 2 heterocycles. The minimum Gasteiger partial charge on any atom is -0.479 e. The minimum atomic E-state index is -1.02. The number of morpholine rings is 1. The normalized spacial score (nSPS) is 23.7. The van der Waals surface area contributed by atoms with Crippen LogP contribution < -0.4 is 0 Å². The Morgan fingerprint density at radius 3 is 2.46 bits per heavy atom. The van der Waals surface area contributed by atoms with Gasteiger partial charge in [-0.25, -0.2) is 4.79 Å². The molecule has 2 fully saturated rings. The number of benzene rings is 1. The molecule has 1 N–H and O–H groups in total. The van der Waals surface area contributed by atoms with Crippen molar-refractivity contribution in [2.75, 3.05) is 32.9 Å². The molecule has 1 aromatic carbocycles. The van der Waals surface area contributed by atoms with E-state index in [9.17, 15) is 14.7 Å². The molecule has 1 amide bonds. The van der Waals surface area contributed by atoms with E-state index in [1.165, 1.54) is 0 Å². The summed E-state index contributed by atoms with van der Waals surface area (Å²) in [6.07, 6.45) is 0.283. The van der Waals surface area contributed by atoms with E-state index in [1.807, 2.05) is 31.2 Å². The number of nitrogens with zero attached hydrogens (tertiary/aromatic N) is 1. The molecule has 0 aromatic heterocycles. The van der Waals surface area contributed by atoms with Crippen molar-refractivity contribution in [2.45, 2.75) is 31.3 Å². The largest absolute Gasteiger partial charge is 0.479 e. The molecule has 6 heteroatoms. The molecule has 1 aromatic rings. The van der Waals surface area contributed by atoms with Crippen molar-refractivity contribution in [3.63, 3.8) is 0 Å². The first kappa shape index (κ1) is 16.9. The van der Waals surface area contributed by atoms with Crippen LogP contribution in [0.4, 0.5) is 0 Å². The lowest BCUT2D eigenvalue weighted by Gasteiger charge is -2.42. The van der Waals surface area contributed by atoms with Gasteiger partial charge in [0.2, 0.25) is 5.91 Å². The minimum absolute atomic E-state index is 0.01000. The number of rotatable bonds is 3. The molecular formula is C18H23NO5.